The number of fused-ring (bicyclic) bond motifs is 9. The summed E-state index contributed by atoms with van der Waals surface area (Å²) in [5.41, 5.74) is 23.2. The van der Waals surface area contributed by atoms with Crippen LogP contribution in [0, 0.1) is 0 Å². The highest BCUT2D eigenvalue weighted by molar-refractivity contribution is 7.25. The number of hydrogen-bond acceptors (Lipinski definition) is 2. The fourth-order valence-electron chi connectivity index (χ4n) is 12.3. The van der Waals surface area contributed by atoms with Gasteiger partial charge in [-0.25, -0.2) is 0 Å². The number of thiophene rings is 1. The van der Waals surface area contributed by atoms with Crippen molar-refractivity contribution in [3.63, 3.8) is 0 Å². The Bertz CT molecular complexity index is 4010. The van der Waals surface area contributed by atoms with Crippen LogP contribution in [0.15, 0.2) is 261 Å². The third kappa shape index (κ3) is 6.53. The maximum atomic E-state index is 2.43. The lowest BCUT2D eigenvalue weighted by molar-refractivity contribution is 0.660. The zero-order valence-corrected chi connectivity index (χ0v) is 41.0. The molecule has 72 heavy (non-hydrogen) atoms. The molecule has 0 fully saturated rings. The lowest BCUT2D eigenvalue weighted by Gasteiger charge is -2.33. The van der Waals surface area contributed by atoms with Crippen molar-refractivity contribution in [1.29, 1.82) is 0 Å². The molecule has 0 atom stereocenters. The Morgan fingerprint density at radius 2 is 0.792 bits per heavy atom. The smallest absolute Gasteiger partial charge is 0.0713 e. The Labute approximate surface area is 425 Å². The largest absolute Gasteiger partial charge is 0.310 e. The number of hydrogen-bond donors (Lipinski definition) is 0. The van der Waals surface area contributed by atoms with Gasteiger partial charge in [0.25, 0.3) is 0 Å². The number of anilines is 3. The summed E-state index contributed by atoms with van der Waals surface area (Å²) in [5, 5.41) is 2.65. The quantitative estimate of drug-likeness (QED) is 0.147. The zero-order valence-electron chi connectivity index (χ0n) is 40.2. The molecule has 0 N–H and O–H groups in total. The first-order valence-electron chi connectivity index (χ1n) is 25.1. The van der Waals surface area contributed by atoms with Crippen molar-refractivity contribution < 1.29 is 0 Å². The molecule has 1 nitrogen and oxygen atoms in total. The van der Waals surface area contributed by atoms with E-state index < -0.39 is 5.41 Å². The maximum absolute atomic E-state index is 2.43. The lowest BCUT2D eigenvalue weighted by atomic mass is 9.67. The van der Waals surface area contributed by atoms with Crippen LogP contribution in [0.2, 0.25) is 0 Å². The molecule has 0 amide bonds. The Kier molecular flexibility index (Phi) is 9.71. The molecule has 0 unspecified atom stereocenters. The molecule has 0 spiro atoms. The van der Waals surface area contributed by atoms with Crippen molar-refractivity contribution in [2.45, 2.75) is 24.7 Å². The predicted octanol–water partition coefficient (Wildman–Crippen LogP) is 19.2. The second-order valence-corrected chi connectivity index (χ2v) is 21.1. The molecule has 2 heteroatoms. The highest BCUT2D eigenvalue weighted by atomic mass is 32.1. The van der Waals surface area contributed by atoms with Gasteiger partial charge in [0, 0.05) is 42.6 Å². The van der Waals surface area contributed by atoms with E-state index in [-0.39, 0.29) is 5.41 Å². The average molecular weight is 936 g/mol. The molecule has 12 aromatic rings. The summed E-state index contributed by atoms with van der Waals surface area (Å²) >= 11 is 1.87. The van der Waals surface area contributed by atoms with Crippen LogP contribution in [-0.4, -0.2) is 0 Å². The standard InChI is InChI=1S/C70H49NS/c1-69(2)63-25-12-9-22-57(63)59-40-38-56(45-66(59)69)71(54-36-32-48(33-37-54)51-34-39-61-60-24-11-14-27-67(60)72-68(61)44-51)55-21-15-16-49(42-55)46-28-30-47(31-29-46)50-35-41-65-62(43-50)58-23-10-13-26-64(58)70(65,52-17-5-3-6-18-52)53-19-7-4-8-20-53/h3-45H,1-2H3. The van der Waals surface area contributed by atoms with Gasteiger partial charge in [-0.3, -0.25) is 0 Å². The molecule has 0 aliphatic heterocycles. The molecule has 0 saturated carbocycles. The lowest BCUT2D eigenvalue weighted by Crippen LogP contribution is -2.28. The Morgan fingerprint density at radius 3 is 1.51 bits per heavy atom. The van der Waals surface area contributed by atoms with Crippen molar-refractivity contribution in [1.82, 2.24) is 0 Å². The molecule has 2 aliphatic rings. The predicted molar refractivity (Wildman–Crippen MR) is 305 cm³/mol. The first-order valence-corrected chi connectivity index (χ1v) is 25.9. The molecule has 0 saturated heterocycles. The summed E-state index contributed by atoms with van der Waals surface area (Å²) in [6, 6.07) is 97.1. The van der Waals surface area contributed by atoms with Crippen molar-refractivity contribution in [2.24, 2.45) is 0 Å². The molecule has 14 rings (SSSR count). The second kappa shape index (κ2) is 16.5. The molecular formula is C70H49NS. The monoisotopic (exact) mass is 935 g/mol. The van der Waals surface area contributed by atoms with E-state index in [4.69, 9.17) is 0 Å². The summed E-state index contributed by atoms with van der Waals surface area (Å²) in [7, 11) is 0. The van der Waals surface area contributed by atoms with Crippen LogP contribution < -0.4 is 4.90 Å². The van der Waals surface area contributed by atoms with Gasteiger partial charge in [-0.2, -0.15) is 0 Å². The maximum Gasteiger partial charge on any atom is 0.0713 e. The molecule has 2 aliphatic carbocycles. The van der Waals surface area contributed by atoms with Crippen LogP contribution in [0.3, 0.4) is 0 Å². The van der Waals surface area contributed by atoms with E-state index in [0.29, 0.717) is 0 Å². The minimum absolute atomic E-state index is 0.124. The number of rotatable bonds is 8. The molecule has 0 bridgehead atoms. The van der Waals surface area contributed by atoms with Crippen LogP contribution >= 0.6 is 11.3 Å². The SMILES string of the molecule is CC1(C)c2ccccc2-c2ccc(N(c3ccc(-c4ccc5c(c4)sc4ccccc45)cc3)c3cccc(-c4ccc(-c5ccc6c(c5)-c5ccccc5C6(c5ccccc5)c5ccccc5)cc4)c3)cc21. The minimum atomic E-state index is -0.409. The Morgan fingerprint density at radius 1 is 0.292 bits per heavy atom. The van der Waals surface area contributed by atoms with Crippen molar-refractivity contribution in [3.05, 3.63) is 294 Å². The third-order valence-electron chi connectivity index (χ3n) is 15.8. The first-order chi connectivity index (χ1) is 35.4. The summed E-state index contributed by atoms with van der Waals surface area (Å²) in [4.78, 5) is 2.43. The van der Waals surface area contributed by atoms with Gasteiger partial charge in [0.05, 0.1) is 5.41 Å². The van der Waals surface area contributed by atoms with E-state index in [1.165, 1.54) is 109 Å². The summed E-state index contributed by atoms with van der Waals surface area (Å²) in [6.45, 7) is 4.73. The first kappa shape index (κ1) is 42.3. The van der Waals surface area contributed by atoms with Crippen LogP contribution in [0.5, 0.6) is 0 Å². The summed E-state index contributed by atoms with van der Waals surface area (Å²) < 4.78 is 2.65. The topological polar surface area (TPSA) is 3.24 Å². The van der Waals surface area contributed by atoms with Crippen molar-refractivity contribution in [3.8, 4) is 55.6 Å². The van der Waals surface area contributed by atoms with Gasteiger partial charge in [-0.1, -0.05) is 220 Å². The highest BCUT2D eigenvalue weighted by Crippen LogP contribution is 2.57. The fraction of sp³-hybridized carbons (Fsp3) is 0.0571. The van der Waals surface area contributed by atoms with Gasteiger partial charge in [0.2, 0.25) is 0 Å². The van der Waals surface area contributed by atoms with Crippen LogP contribution in [-0.2, 0) is 10.8 Å². The number of benzene rings is 11. The molecule has 340 valence electrons. The van der Waals surface area contributed by atoms with Gasteiger partial charge in [0.1, 0.15) is 0 Å². The van der Waals surface area contributed by atoms with Gasteiger partial charge in [-0.05, 0) is 144 Å². The van der Waals surface area contributed by atoms with Crippen molar-refractivity contribution >= 4 is 48.6 Å². The highest BCUT2D eigenvalue weighted by Gasteiger charge is 2.46. The third-order valence-corrected chi connectivity index (χ3v) is 16.9. The zero-order chi connectivity index (χ0) is 48.0. The van der Waals surface area contributed by atoms with Crippen molar-refractivity contribution in [2.75, 3.05) is 4.90 Å². The summed E-state index contributed by atoms with van der Waals surface area (Å²) in [5.74, 6) is 0. The van der Waals surface area contributed by atoms with Gasteiger partial charge in [-0.15, -0.1) is 11.3 Å². The van der Waals surface area contributed by atoms with E-state index in [9.17, 15) is 0 Å². The van der Waals surface area contributed by atoms with E-state index in [0.717, 1.165) is 17.1 Å². The molecule has 1 aromatic heterocycles. The molecule has 11 aromatic carbocycles. The average Bonchev–Trinajstić information content (AvgIpc) is 4.05. The normalized spacial score (nSPS) is 13.6. The van der Waals surface area contributed by atoms with Gasteiger partial charge in [0.15, 0.2) is 0 Å². The Balaban J connectivity index is 0.831. The minimum Gasteiger partial charge on any atom is -0.310 e. The molecular weight excluding hydrogens is 887 g/mol. The second-order valence-electron chi connectivity index (χ2n) is 20.0. The van der Waals surface area contributed by atoms with E-state index in [1.54, 1.807) is 0 Å². The van der Waals surface area contributed by atoms with Crippen LogP contribution in [0.1, 0.15) is 47.2 Å². The Hall–Kier alpha value is -8.56. The van der Waals surface area contributed by atoms with E-state index in [2.05, 4.69) is 280 Å². The summed E-state index contributed by atoms with van der Waals surface area (Å²) in [6.07, 6.45) is 0. The van der Waals surface area contributed by atoms with Crippen LogP contribution in [0.4, 0.5) is 17.1 Å². The van der Waals surface area contributed by atoms with Gasteiger partial charge < -0.3 is 4.90 Å². The molecule has 0 radical (unpaired) electrons. The van der Waals surface area contributed by atoms with E-state index >= 15 is 0 Å². The molecule has 1 heterocycles. The van der Waals surface area contributed by atoms with Gasteiger partial charge >= 0.3 is 0 Å². The van der Waals surface area contributed by atoms with E-state index in [1.807, 2.05) is 11.3 Å². The number of nitrogens with zero attached hydrogens (tertiary/aromatic N) is 1. The van der Waals surface area contributed by atoms with Crippen LogP contribution in [0.25, 0.3) is 75.8 Å². The fourth-order valence-corrected chi connectivity index (χ4v) is 13.4.